The van der Waals surface area contributed by atoms with E-state index >= 15 is 0 Å². The minimum absolute atomic E-state index is 0.129. The Morgan fingerprint density at radius 3 is 2.56 bits per heavy atom. The highest BCUT2D eigenvalue weighted by molar-refractivity contribution is 5.92. The molecule has 0 saturated carbocycles. The van der Waals surface area contributed by atoms with Crippen LogP contribution in [0.2, 0.25) is 0 Å². The maximum absolute atomic E-state index is 12.1. The summed E-state index contributed by atoms with van der Waals surface area (Å²) in [7, 11) is 0. The molecule has 0 aliphatic carbocycles. The third kappa shape index (κ3) is 4.11. The van der Waals surface area contributed by atoms with Crippen molar-refractivity contribution in [3.05, 3.63) is 65.0 Å². The summed E-state index contributed by atoms with van der Waals surface area (Å²) < 4.78 is 10.6. The Morgan fingerprint density at radius 2 is 1.78 bits per heavy atom. The van der Waals surface area contributed by atoms with Gasteiger partial charge in [-0.15, -0.1) is 0 Å². The summed E-state index contributed by atoms with van der Waals surface area (Å²) in [5.74, 6) is 0.218. The van der Waals surface area contributed by atoms with Gasteiger partial charge in [0.2, 0.25) is 0 Å². The first-order chi connectivity index (χ1) is 13.2. The molecule has 1 fully saturated rings. The van der Waals surface area contributed by atoms with E-state index in [9.17, 15) is 9.59 Å². The van der Waals surface area contributed by atoms with Gasteiger partial charge in [-0.25, -0.2) is 4.79 Å². The number of rotatable bonds is 5. The van der Waals surface area contributed by atoms with E-state index in [-0.39, 0.29) is 12.5 Å². The molecular weight excluding hydrogens is 344 g/mol. The Balaban J connectivity index is 1.34. The van der Waals surface area contributed by atoms with Crippen LogP contribution in [0.15, 0.2) is 63.8 Å². The molecule has 0 spiro atoms. The zero-order valence-electron chi connectivity index (χ0n) is 14.8. The largest absolute Gasteiger partial charge is 0.484 e. The second-order valence-corrected chi connectivity index (χ2v) is 6.53. The average Bonchev–Trinajstić information content (AvgIpc) is 3.21. The van der Waals surface area contributed by atoms with Gasteiger partial charge >= 0.3 is 5.63 Å². The molecule has 0 atom stereocenters. The van der Waals surface area contributed by atoms with E-state index in [0.29, 0.717) is 11.3 Å². The number of nitrogens with zero attached hydrogens (tertiary/aromatic N) is 1. The second-order valence-electron chi connectivity index (χ2n) is 6.53. The predicted molar refractivity (Wildman–Crippen MR) is 104 cm³/mol. The number of anilines is 2. The average molecular weight is 364 g/mol. The van der Waals surface area contributed by atoms with Crippen LogP contribution in [0.25, 0.3) is 11.0 Å². The zero-order chi connectivity index (χ0) is 18.6. The van der Waals surface area contributed by atoms with Crippen molar-refractivity contribution in [2.75, 3.05) is 29.9 Å². The van der Waals surface area contributed by atoms with Crippen molar-refractivity contribution in [3.8, 4) is 5.75 Å². The van der Waals surface area contributed by atoms with E-state index in [1.807, 2.05) is 24.3 Å². The number of fused-ring (bicyclic) bond motifs is 1. The van der Waals surface area contributed by atoms with Gasteiger partial charge in [0, 0.05) is 42.0 Å². The van der Waals surface area contributed by atoms with E-state index in [1.54, 1.807) is 24.3 Å². The molecule has 0 unspecified atom stereocenters. The Kier molecular flexibility index (Phi) is 4.78. The lowest BCUT2D eigenvalue weighted by Crippen LogP contribution is -2.20. The van der Waals surface area contributed by atoms with Crippen molar-refractivity contribution in [1.29, 1.82) is 0 Å². The lowest BCUT2D eigenvalue weighted by atomic mass is 10.2. The van der Waals surface area contributed by atoms with Crippen LogP contribution < -0.4 is 20.6 Å². The fourth-order valence-corrected chi connectivity index (χ4v) is 3.21. The highest BCUT2D eigenvalue weighted by Crippen LogP contribution is 2.22. The standard InChI is InChI=1S/C21H20N2O4/c24-20(22-16-5-7-17(8-6-16)23-11-1-2-12-23)14-26-18-9-3-15-4-10-21(25)27-19(15)13-18/h3-10,13H,1-2,11-12,14H2,(H,22,24). The molecule has 2 heterocycles. The Morgan fingerprint density at radius 1 is 1.04 bits per heavy atom. The Bertz CT molecular complexity index is 1000. The molecule has 0 radical (unpaired) electrons. The fraction of sp³-hybridized carbons (Fsp3) is 0.238. The highest BCUT2D eigenvalue weighted by atomic mass is 16.5. The van der Waals surface area contributed by atoms with E-state index < -0.39 is 5.63 Å². The first-order valence-corrected chi connectivity index (χ1v) is 8.99. The molecular formula is C21H20N2O4. The number of ether oxygens (including phenoxy) is 1. The molecule has 4 rings (SSSR count). The van der Waals surface area contributed by atoms with Crippen molar-refractivity contribution in [2.45, 2.75) is 12.8 Å². The van der Waals surface area contributed by atoms with E-state index in [2.05, 4.69) is 10.2 Å². The molecule has 138 valence electrons. The van der Waals surface area contributed by atoms with Crippen molar-refractivity contribution in [3.63, 3.8) is 0 Å². The first-order valence-electron chi connectivity index (χ1n) is 8.99. The molecule has 6 heteroatoms. The maximum Gasteiger partial charge on any atom is 0.336 e. The van der Waals surface area contributed by atoms with Gasteiger partial charge in [0.15, 0.2) is 6.61 Å². The third-order valence-electron chi connectivity index (χ3n) is 4.59. The number of carbonyl (C=O) groups excluding carboxylic acids is 1. The van der Waals surface area contributed by atoms with Gasteiger partial charge in [0.05, 0.1) is 0 Å². The molecule has 2 aromatic carbocycles. The number of hydrogen-bond donors (Lipinski definition) is 1. The molecule has 3 aromatic rings. The zero-order valence-corrected chi connectivity index (χ0v) is 14.8. The molecule has 0 bridgehead atoms. The molecule has 1 aliphatic rings. The minimum Gasteiger partial charge on any atom is -0.484 e. The summed E-state index contributed by atoms with van der Waals surface area (Å²) in [5, 5.41) is 3.62. The van der Waals surface area contributed by atoms with Crippen LogP contribution >= 0.6 is 0 Å². The summed E-state index contributed by atoms with van der Waals surface area (Å²) in [6.45, 7) is 2.05. The molecule has 6 nitrogen and oxygen atoms in total. The summed E-state index contributed by atoms with van der Waals surface area (Å²) in [6.07, 6.45) is 2.46. The number of hydrogen-bond acceptors (Lipinski definition) is 5. The van der Waals surface area contributed by atoms with Crippen molar-refractivity contribution in [1.82, 2.24) is 0 Å². The number of carbonyl (C=O) groups is 1. The third-order valence-corrected chi connectivity index (χ3v) is 4.59. The Labute approximate surface area is 156 Å². The summed E-state index contributed by atoms with van der Waals surface area (Å²) >= 11 is 0. The van der Waals surface area contributed by atoms with Crippen LogP contribution in [-0.4, -0.2) is 25.6 Å². The quantitative estimate of drug-likeness (QED) is 0.703. The van der Waals surface area contributed by atoms with Crippen LogP contribution in [0.5, 0.6) is 5.75 Å². The van der Waals surface area contributed by atoms with Gasteiger partial charge in [-0.3, -0.25) is 4.79 Å². The van der Waals surface area contributed by atoms with Gasteiger partial charge in [-0.1, -0.05) is 0 Å². The molecule has 1 N–H and O–H groups in total. The molecule has 1 aliphatic heterocycles. The predicted octanol–water partition coefficient (Wildman–Crippen LogP) is 3.41. The molecule has 27 heavy (non-hydrogen) atoms. The number of nitrogens with one attached hydrogen (secondary N) is 1. The molecule has 1 aromatic heterocycles. The summed E-state index contributed by atoms with van der Waals surface area (Å²) in [5.41, 5.74) is 1.92. The van der Waals surface area contributed by atoms with E-state index in [4.69, 9.17) is 9.15 Å². The van der Waals surface area contributed by atoms with Crippen LogP contribution in [0, 0.1) is 0 Å². The second kappa shape index (κ2) is 7.53. The molecule has 1 saturated heterocycles. The minimum atomic E-state index is -0.422. The summed E-state index contributed by atoms with van der Waals surface area (Å²) in [4.78, 5) is 25.8. The Hall–Kier alpha value is -3.28. The van der Waals surface area contributed by atoms with Gasteiger partial charge in [0.25, 0.3) is 5.91 Å². The van der Waals surface area contributed by atoms with Gasteiger partial charge in [-0.2, -0.15) is 0 Å². The van der Waals surface area contributed by atoms with E-state index in [0.717, 1.165) is 24.2 Å². The van der Waals surface area contributed by atoms with Crippen LogP contribution in [-0.2, 0) is 4.79 Å². The van der Waals surface area contributed by atoms with Gasteiger partial charge in [0.1, 0.15) is 11.3 Å². The van der Waals surface area contributed by atoms with Gasteiger partial charge in [-0.05, 0) is 55.3 Å². The number of amides is 1. The molecule has 1 amide bonds. The lowest BCUT2D eigenvalue weighted by molar-refractivity contribution is -0.118. The fourth-order valence-electron chi connectivity index (χ4n) is 3.21. The van der Waals surface area contributed by atoms with Gasteiger partial charge < -0.3 is 19.4 Å². The van der Waals surface area contributed by atoms with Crippen molar-refractivity contribution < 1.29 is 13.9 Å². The smallest absolute Gasteiger partial charge is 0.336 e. The highest BCUT2D eigenvalue weighted by Gasteiger charge is 2.12. The normalized spacial score (nSPS) is 13.7. The number of benzene rings is 2. The summed E-state index contributed by atoms with van der Waals surface area (Å²) in [6, 6.07) is 16.0. The van der Waals surface area contributed by atoms with Crippen LogP contribution in [0.3, 0.4) is 0 Å². The van der Waals surface area contributed by atoms with Crippen LogP contribution in [0.4, 0.5) is 11.4 Å². The van der Waals surface area contributed by atoms with E-state index in [1.165, 1.54) is 24.6 Å². The van der Waals surface area contributed by atoms with Crippen molar-refractivity contribution >= 4 is 28.3 Å². The maximum atomic E-state index is 12.1. The topological polar surface area (TPSA) is 71.8 Å². The van der Waals surface area contributed by atoms with Crippen molar-refractivity contribution in [2.24, 2.45) is 0 Å². The van der Waals surface area contributed by atoms with Crippen LogP contribution in [0.1, 0.15) is 12.8 Å². The lowest BCUT2D eigenvalue weighted by Gasteiger charge is -2.17. The monoisotopic (exact) mass is 364 g/mol. The first kappa shape index (κ1) is 17.1. The SMILES string of the molecule is O=C(COc1ccc2ccc(=O)oc2c1)Nc1ccc(N2CCCC2)cc1.